The molecule has 0 spiro atoms. The summed E-state index contributed by atoms with van der Waals surface area (Å²) in [7, 11) is 0. The third-order valence-electron chi connectivity index (χ3n) is 9.60. The molecule has 3 fully saturated rings. The molecule has 0 aromatic rings. The van der Waals surface area contributed by atoms with Crippen LogP contribution in [0.5, 0.6) is 0 Å². The minimum atomic E-state index is 0.126. The second kappa shape index (κ2) is 13.0. The molecule has 7 atom stereocenters. The summed E-state index contributed by atoms with van der Waals surface area (Å²) in [5, 5.41) is 0. The smallest absolute Gasteiger partial charge is 0.0733 e. The van der Waals surface area contributed by atoms with E-state index in [9.17, 15) is 0 Å². The van der Waals surface area contributed by atoms with Crippen LogP contribution in [0.3, 0.4) is 0 Å². The lowest BCUT2D eigenvalue weighted by molar-refractivity contribution is -0.159. The van der Waals surface area contributed by atoms with Gasteiger partial charge in [0, 0.05) is 55.9 Å². The van der Waals surface area contributed by atoms with E-state index in [2.05, 4.69) is 105 Å². The number of ether oxygens (including phenoxy) is 3. The van der Waals surface area contributed by atoms with E-state index < -0.39 is 0 Å². The molecule has 0 amide bonds. The van der Waals surface area contributed by atoms with Gasteiger partial charge in [-0.05, 0) is 92.9 Å². The molecule has 3 rings (SSSR count). The maximum Gasteiger partial charge on any atom is 0.0733 e. The Labute approximate surface area is 242 Å². The van der Waals surface area contributed by atoms with Gasteiger partial charge in [0.2, 0.25) is 0 Å². The van der Waals surface area contributed by atoms with Gasteiger partial charge < -0.3 is 14.2 Å². The van der Waals surface area contributed by atoms with Crippen LogP contribution >= 0.6 is 0 Å². The number of hydrogen-bond acceptors (Lipinski definition) is 6. The van der Waals surface area contributed by atoms with Crippen LogP contribution in [0.2, 0.25) is 0 Å². The molecule has 3 saturated heterocycles. The summed E-state index contributed by atoms with van der Waals surface area (Å²) >= 11 is 0. The first-order chi connectivity index (χ1) is 17.8. The van der Waals surface area contributed by atoms with Gasteiger partial charge in [-0.2, -0.15) is 0 Å². The topological polar surface area (TPSA) is 37.4 Å². The molecular formula is C33H65N3O3. The van der Waals surface area contributed by atoms with E-state index >= 15 is 0 Å². The third-order valence-corrected chi connectivity index (χ3v) is 9.60. The Balaban J connectivity index is 1.67. The van der Waals surface area contributed by atoms with Crippen LogP contribution in [-0.2, 0) is 14.2 Å². The molecule has 0 saturated carbocycles. The molecule has 230 valence electrons. The van der Waals surface area contributed by atoms with Crippen molar-refractivity contribution in [2.75, 3.05) is 45.9 Å². The van der Waals surface area contributed by atoms with Crippen molar-refractivity contribution < 1.29 is 14.2 Å². The number of morpholine rings is 3. The highest BCUT2D eigenvalue weighted by Crippen LogP contribution is 2.33. The molecule has 5 unspecified atom stereocenters. The van der Waals surface area contributed by atoms with Gasteiger partial charge in [0.25, 0.3) is 0 Å². The van der Waals surface area contributed by atoms with E-state index in [0.717, 1.165) is 58.7 Å². The summed E-state index contributed by atoms with van der Waals surface area (Å²) < 4.78 is 20.0. The predicted molar refractivity (Wildman–Crippen MR) is 163 cm³/mol. The van der Waals surface area contributed by atoms with E-state index in [0.29, 0.717) is 23.9 Å². The molecule has 3 aliphatic heterocycles. The zero-order valence-electron chi connectivity index (χ0n) is 28.0. The van der Waals surface area contributed by atoms with Crippen molar-refractivity contribution in [2.45, 2.75) is 150 Å². The van der Waals surface area contributed by atoms with E-state index in [1.807, 2.05) is 0 Å². The average Bonchev–Trinajstić information content (AvgIpc) is 2.82. The SMILES string of the molecule is CC(CC1CN(C(C)(C)C)C[C@H](C(C)CC2CN(C(C)(C)C)C[C@@H](C(C)C)O2)O1)C1CN(C(C)(C)C)CCO1. The zero-order chi connectivity index (χ0) is 29.3. The quantitative estimate of drug-likeness (QED) is 0.390. The van der Waals surface area contributed by atoms with Gasteiger partial charge in [-0.25, -0.2) is 0 Å². The standard InChI is InChI=1S/C33H65N3O3/c1-23(2)28-20-35(32(8,9)10)18-26(38-28)17-25(4)30-22-36(33(11,12)13)19-27(39-30)16-24(3)29-21-34(14-15-37-29)31(5,6)7/h23-30H,14-22H2,1-13H3/t24?,25?,26?,27?,28-,29?,30+/m0/s1. The fourth-order valence-electron chi connectivity index (χ4n) is 6.54. The number of hydrogen-bond donors (Lipinski definition) is 0. The first-order valence-corrected chi connectivity index (χ1v) is 16.0. The molecule has 3 aliphatic rings. The molecule has 39 heavy (non-hydrogen) atoms. The molecule has 0 aromatic heterocycles. The van der Waals surface area contributed by atoms with Gasteiger partial charge >= 0.3 is 0 Å². The monoisotopic (exact) mass is 552 g/mol. The second-order valence-electron chi connectivity index (χ2n) is 16.4. The molecule has 0 aliphatic carbocycles. The third kappa shape index (κ3) is 9.38. The van der Waals surface area contributed by atoms with E-state index in [1.54, 1.807) is 0 Å². The van der Waals surface area contributed by atoms with Crippen molar-refractivity contribution >= 4 is 0 Å². The molecule has 3 heterocycles. The van der Waals surface area contributed by atoms with Crippen molar-refractivity contribution in [1.29, 1.82) is 0 Å². The minimum Gasteiger partial charge on any atom is -0.375 e. The van der Waals surface area contributed by atoms with Crippen LogP contribution in [0.1, 0.15) is 103 Å². The van der Waals surface area contributed by atoms with Crippen LogP contribution in [0.15, 0.2) is 0 Å². The van der Waals surface area contributed by atoms with Crippen LogP contribution in [0.4, 0.5) is 0 Å². The summed E-state index contributed by atoms with van der Waals surface area (Å²) in [6.07, 6.45) is 3.37. The highest BCUT2D eigenvalue weighted by molar-refractivity contribution is 4.92. The summed E-state index contributed by atoms with van der Waals surface area (Å²) in [6.45, 7) is 37.3. The van der Waals surface area contributed by atoms with Crippen molar-refractivity contribution in [3.63, 3.8) is 0 Å². The van der Waals surface area contributed by atoms with Crippen LogP contribution in [0, 0.1) is 17.8 Å². The zero-order valence-corrected chi connectivity index (χ0v) is 28.0. The Kier molecular flexibility index (Phi) is 11.0. The van der Waals surface area contributed by atoms with Crippen molar-refractivity contribution in [3.8, 4) is 0 Å². The van der Waals surface area contributed by atoms with Gasteiger partial charge in [-0.1, -0.05) is 27.7 Å². The summed E-state index contributed by atoms with van der Waals surface area (Å²) in [5.74, 6) is 1.43. The second-order valence-corrected chi connectivity index (χ2v) is 16.4. The Morgan fingerprint density at radius 2 is 0.974 bits per heavy atom. The number of nitrogens with zero attached hydrogens (tertiary/aromatic N) is 3. The maximum atomic E-state index is 6.96. The Morgan fingerprint density at radius 1 is 0.564 bits per heavy atom. The average molecular weight is 552 g/mol. The van der Waals surface area contributed by atoms with Gasteiger partial charge in [-0.3, -0.25) is 14.7 Å². The lowest BCUT2D eigenvalue weighted by Gasteiger charge is -2.49. The molecule has 0 bridgehead atoms. The Hall–Kier alpha value is -0.240. The van der Waals surface area contributed by atoms with Gasteiger partial charge in [-0.15, -0.1) is 0 Å². The van der Waals surface area contributed by atoms with Gasteiger partial charge in [0.15, 0.2) is 0 Å². The Bertz CT molecular complexity index is 753. The maximum absolute atomic E-state index is 6.96. The Morgan fingerprint density at radius 3 is 1.44 bits per heavy atom. The predicted octanol–water partition coefficient (Wildman–Crippen LogP) is 5.93. The lowest BCUT2D eigenvalue weighted by Crippen LogP contribution is -2.58. The normalized spacial score (nSPS) is 32.9. The van der Waals surface area contributed by atoms with Crippen LogP contribution < -0.4 is 0 Å². The van der Waals surface area contributed by atoms with E-state index in [4.69, 9.17) is 14.2 Å². The minimum absolute atomic E-state index is 0.126. The fourth-order valence-corrected chi connectivity index (χ4v) is 6.54. The van der Waals surface area contributed by atoms with Crippen molar-refractivity contribution in [3.05, 3.63) is 0 Å². The molecule has 0 aromatic carbocycles. The first kappa shape index (κ1) is 33.3. The van der Waals surface area contributed by atoms with Gasteiger partial charge in [0.1, 0.15) is 0 Å². The highest BCUT2D eigenvalue weighted by Gasteiger charge is 2.41. The first-order valence-electron chi connectivity index (χ1n) is 16.0. The molecule has 6 nitrogen and oxygen atoms in total. The molecule has 6 heteroatoms. The summed E-state index contributed by atoms with van der Waals surface area (Å²) in [5.41, 5.74) is 0.472. The molecule has 0 N–H and O–H groups in total. The van der Waals surface area contributed by atoms with E-state index in [1.165, 1.54) is 0 Å². The van der Waals surface area contributed by atoms with Crippen LogP contribution in [0.25, 0.3) is 0 Å². The molecule has 0 radical (unpaired) electrons. The van der Waals surface area contributed by atoms with Crippen LogP contribution in [-0.4, -0.2) is 108 Å². The summed E-state index contributed by atoms with van der Waals surface area (Å²) in [6, 6.07) is 0. The van der Waals surface area contributed by atoms with Crippen molar-refractivity contribution in [1.82, 2.24) is 14.7 Å². The van der Waals surface area contributed by atoms with Gasteiger partial charge in [0.05, 0.1) is 37.1 Å². The number of rotatable bonds is 7. The highest BCUT2D eigenvalue weighted by atomic mass is 16.5. The fraction of sp³-hybridized carbons (Fsp3) is 1.00. The van der Waals surface area contributed by atoms with E-state index in [-0.39, 0.29) is 41.0 Å². The summed E-state index contributed by atoms with van der Waals surface area (Å²) in [4.78, 5) is 7.89. The molecular weight excluding hydrogens is 486 g/mol. The lowest BCUT2D eigenvalue weighted by atomic mass is 9.89. The van der Waals surface area contributed by atoms with Crippen molar-refractivity contribution in [2.24, 2.45) is 17.8 Å². The largest absolute Gasteiger partial charge is 0.375 e.